The Labute approximate surface area is 168 Å². The van der Waals surface area contributed by atoms with E-state index in [0.717, 1.165) is 23.7 Å². The Morgan fingerprint density at radius 3 is 2.43 bits per heavy atom. The van der Waals surface area contributed by atoms with Crippen LogP contribution in [0.5, 0.6) is 11.5 Å². The molecule has 0 atom stereocenters. The lowest BCUT2D eigenvalue weighted by atomic mass is 9.79. The van der Waals surface area contributed by atoms with Crippen molar-refractivity contribution < 1.29 is 20.1 Å². The van der Waals surface area contributed by atoms with Crippen LogP contribution in [0, 0.1) is 13.8 Å². The highest BCUT2D eigenvalue weighted by atomic mass is 16.7. The zero-order valence-corrected chi connectivity index (χ0v) is 18.1. The van der Waals surface area contributed by atoms with Crippen molar-refractivity contribution in [2.24, 2.45) is 0 Å². The van der Waals surface area contributed by atoms with Crippen molar-refractivity contribution in [1.29, 1.82) is 0 Å². The molecular weight excluding hydrogens is 350 g/mol. The predicted molar refractivity (Wildman–Crippen MR) is 110 cm³/mol. The third-order valence-electron chi connectivity index (χ3n) is 6.18. The van der Waals surface area contributed by atoms with Crippen LogP contribution in [0.15, 0.2) is 24.3 Å². The maximum atomic E-state index is 5.57. The normalized spacial score (nSPS) is 20.5. The first-order valence-corrected chi connectivity index (χ1v) is 10.4. The van der Waals surface area contributed by atoms with Crippen LogP contribution in [-0.2, 0) is 6.54 Å². The third kappa shape index (κ3) is 3.78. The van der Waals surface area contributed by atoms with Crippen LogP contribution in [0.3, 0.4) is 0 Å². The molecule has 5 nitrogen and oxygen atoms in total. The monoisotopic (exact) mass is 385 g/mol. The summed E-state index contributed by atoms with van der Waals surface area (Å²) in [5.41, 5.74) is 5.75. The lowest BCUT2D eigenvalue weighted by Gasteiger charge is -2.41. The van der Waals surface area contributed by atoms with Crippen molar-refractivity contribution in [3.05, 3.63) is 41.2 Å². The summed E-state index contributed by atoms with van der Waals surface area (Å²) in [5.74, 6) is 1.67. The van der Waals surface area contributed by atoms with Gasteiger partial charge in [0.15, 0.2) is 11.5 Å². The second-order valence-electron chi connectivity index (χ2n) is 10.00. The molecule has 2 aliphatic heterocycles. The second kappa shape index (κ2) is 6.82. The summed E-state index contributed by atoms with van der Waals surface area (Å²) < 4.78 is 13.4. The van der Waals surface area contributed by atoms with Crippen molar-refractivity contribution in [3.63, 3.8) is 0 Å². The molecule has 1 saturated heterocycles. The molecule has 2 aliphatic rings. The molecule has 28 heavy (non-hydrogen) atoms. The summed E-state index contributed by atoms with van der Waals surface area (Å²) in [6.07, 6.45) is 2.49. The van der Waals surface area contributed by atoms with Gasteiger partial charge in [-0.15, -0.1) is 0 Å². The van der Waals surface area contributed by atoms with Gasteiger partial charge in [-0.1, -0.05) is 0 Å². The van der Waals surface area contributed by atoms with E-state index in [-0.39, 0.29) is 0 Å². The number of fused-ring (bicyclic) bond motifs is 1. The molecule has 4 rings (SSSR count). The number of hydrogen-bond acceptors (Lipinski definition) is 2. The van der Waals surface area contributed by atoms with Gasteiger partial charge in [0, 0.05) is 28.7 Å². The number of rotatable bonds is 4. The molecule has 4 N–H and O–H groups in total. The molecule has 0 spiro atoms. The summed E-state index contributed by atoms with van der Waals surface area (Å²) in [4.78, 5) is 0. The van der Waals surface area contributed by atoms with E-state index in [1.807, 2.05) is 6.07 Å². The zero-order valence-electron chi connectivity index (χ0n) is 18.1. The summed E-state index contributed by atoms with van der Waals surface area (Å²) in [6, 6.07) is 9.21. The first-order chi connectivity index (χ1) is 13.1. The molecule has 0 aliphatic carbocycles. The minimum absolute atomic E-state index is 0.312. The number of benzene rings is 1. The smallest absolute Gasteiger partial charge is 0.231 e. The Morgan fingerprint density at radius 2 is 1.71 bits per heavy atom. The van der Waals surface area contributed by atoms with Crippen molar-refractivity contribution in [2.45, 2.75) is 78.0 Å². The van der Waals surface area contributed by atoms with Crippen LogP contribution in [0.25, 0.3) is 5.69 Å². The van der Waals surface area contributed by atoms with Crippen LogP contribution in [0.2, 0.25) is 0 Å². The van der Waals surface area contributed by atoms with Gasteiger partial charge in [0.2, 0.25) is 6.79 Å². The molecule has 0 amide bonds. The Hall–Kier alpha value is -1.98. The van der Waals surface area contributed by atoms with Gasteiger partial charge >= 0.3 is 0 Å². The van der Waals surface area contributed by atoms with Gasteiger partial charge in [0.25, 0.3) is 0 Å². The number of nitrogens with two attached hydrogens (primary N) is 2. The maximum Gasteiger partial charge on any atom is 0.231 e. The molecule has 0 unspecified atom stereocenters. The number of piperidine rings is 1. The van der Waals surface area contributed by atoms with E-state index in [0.29, 0.717) is 23.9 Å². The molecule has 0 radical (unpaired) electrons. The Kier molecular flexibility index (Phi) is 4.71. The molecule has 0 saturated carbocycles. The number of hydrogen-bond donors (Lipinski definition) is 2. The summed E-state index contributed by atoms with van der Waals surface area (Å²) >= 11 is 0. The van der Waals surface area contributed by atoms with Crippen molar-refractivity contribution in [3.8, 4) is 17.2 Å². The quantitative estimate of drug-likeness (QED) is 0.848. The number of nitrogens with zero attached hydrogens (tertiary/aromatic N) is 1. The molecular formula is C23H35N3O2+2. The lowest BCUT2D eigenvalue weighted by molar-refractivity contribution is -0.816. The van der Waals surface area contributed by atoms with Gasteiger partial charge in [-0.05, 0) is 59.7 Å². The van der Waals surface area contributed by atoms with Gasteiger partial charge in [0.1, 0.15) is 6.54 Å². The highest BCUT2D eigenvalue weighted by Gasteiger charge is 2.43. The molecule has 1 aromatic heterocycles. The van der Waals surface area contributed by atoms with Crippen LogP contribution in [0.4, 0.5) is 0 Å². The number of aryl methyl sites for hydroxylation is 1. The highest BCUT2D eigenvalue weighted by Crippen LogP contribution is 2.34. The minimum atomic E-state index is 0.312. The highest BCUT2D eigenvalue weighted by molar-refractivity contribution is 5.52. The topological polar surface area (TPSA) is 56.6 Å². The van der Waals surface area contributed by atoms with E-state index < -0.39 is 0 Å². The predicted octanol–water partition coefficient (Wildman–Crippen LogP) is 2.17. The summed E-state index contributed by atoms with van der Waals surface area (Å²) in [7, 11) is 0. The molecule has 152 valence electrons. The van der Waals surface area contributed by atoms with Gasteiger partial charge in [-0.3, -0.25) is 0 Å². The van der Waals surface area contributed by atoms with Gasteiger partial charge in [-0.2, -0.15) is 0 Å². The van der Waals surface area contributed by atoms with Crippen molar-refractivity contribution in [1.82, 2.24) is 4.57 Å². The van der Waals surface area contributed by atoms with Crippen molar-refractivity contribution >= 4 is 0 Å². The van der Waals surface area contributed by atoms with Crippen LogP contribution < -0.4 is 20.1 Å². The Morgan fingerprint density at radius 1 is 1.04 bits per heavy atom. The van der Waals surface area contributed by atoms with Gasteiger partial charge < -0.3 is 24.7 Å². The lowest BCUT2D eigenvalue weighted by Crippen LogP contribution is -3.09. The molecule has 2 aromatic rings. The molecule has 1 fully saturated rings. The average Bonchev–Trinajstić information content (AvgIpc) is 3.13. The van der Waals surface area contributed by atoms with E-state index in [4.69, 9.17) is 9.47 Å². The summed E-state index contributed by atoms with van der Waals surface area (Å²) in [5, 5.41) is 5.11. The fourth-order valence-corrected chi connectivity index (χ4v) is 5.52. The molecule has 0 bridgehead atoms. The second-order valence-corrected chi connectivity index (χ2v) is 10.00. The fourth-order valence-electron chi connectivity index (χ4n) is 5.52. The molecule has 1 aromatic carbocycles. The van der Waals surface area contributed by atoms with Crippen LogP contribution in [0.1, 0.15) is 57.5 Å². The summed E-state index contributed by atoms with van der Waals surface area (Å²) in [6.45, 7) is 15.3. The first kappa shape index (κ1) is 19.3. The minimum Gasteiger partial charge on any atom is -0.454 e. The standard InChI is InChI=1S/C23H33N3O2/c1-15-9-17(13-24-18-11-22(3,4)25-23(5,6)12-18)16(2)26(15)19-7-8-20-21(10-19)28-14-27-20/h7-10,18,24-25H,11-14H2,1-6H3/p+2. The van der Waals surface area contributed by atoms with E-state index >= 15 is 0 Å². The molecule has 5 heteroatoms. The SMILES string of the molecule is Cc1cc(C[NH2+]C2CC(C)(C)[NH2+]C(C)(C)C2)c(C)n1-c1ccc2c(c1)OCO2. The Balaban J connectivity index is 1.52. The van der Waals surface area contributed by atoms with Crippen molar-refractivity contribution in [2.75, 3.05) is 6.79 Å². The maximum absolute atomic E-state index is 5.57. The van der Waals surface area contributed by atoms with E-state index in [1.54, 1.807) is 0 Å². The number of aromatic nitrogens is 1. The van der Waals surface area contributed by atoms with Crippen LogP contribution >= 0.6 is 0 Å². The van der Waals surface area contributed by atoms with Gasteiger partial charge in [-0.25, -0.2) is 0 Å². The average molecular weight is 386 g/mol. The third-order valence-corrected chi connectivity index (χ3v) is 6.18. The first-order valence-electron chi connectivity index (χ1n) is 10.4. The zero-order chi connectivity index (χ0) is 20.1. The number of ether oxygens (including phenoxy) is 2. The Bertz CT molecular complexity index is 866. The van der Waals surface area contributed by atoms with E-state index in [1.165, 1.54) is 29.8 Å². The molecule has 3 heterocycles. The fraction of sp³-hybridized carbons (Fsp3) is 0.565. The number of quaternary nitrogens is 2. The van der Waals surface area contributed by atoms with Crippen LogP contribution in [-0.4, -0.2) is 28.5 Å². The van der Waals surface area contributed by atoms with E-state index in [2.05, 4.69) is 74.9 Å². The van der Waals surface area contributed by atoms with E-state index in [9.17, 15) is 0 Å². The van der Waals surface area contributed by atoms with Gasteiger partial charge in [0.05, 0.1) is 30.0 Å². The largest absolute Gasteiger partial charge is 0.454 e.